The van der Waals surface area contributed by atoms with Gasteiger partial charge in [-0.2, -0.15) is 0 Å². The van der Waals surface area contributed by atoms with Gasteiger partial charge >= 0.3 is 0 Å². The number of benzene rings is 1. The topological polar surface area (TPSA) is 67.4 Å². The summed E-state index contributed by atoms with van der Waals surface area (Å²) in [6.45, 7) is 0. The molecular formula is C14H14N2O3S. The molecule has 2 amide bonds. The van der Waals surface area contributed by atoms with Crippen molar-refractivity contribution in [1.82, 2.24) is 10.9 Å². The van der Waals surface area contributed by atoms with Crippen LogP contribution in [0.15, 0.2) is 41.8 Å². The molecule has 2 rings (SSSR count). The minimum Gasteiger partial charge on any atom is -0.496 e. The summed E-state index contributed by atoms with van der Waals surface area (Å²) in [6, 6.07) is 10.5. The number of para-hydroxylation sites is 1. The van der Waals surface area contributed by atoms with Crippen LogP contribution in [0.3, 0.4) is 0 Å². The Morgan fingerprint density at radius 3 is 2.65 bits per heavy atom. The second-order valence-electron chi connectivity index (χ2n) is 3.96. The van der Waals surface area contributed by atoms with Crippen LogP contribution in [-0.4, -0.2) is 18.9 Å². The van der Waals surface area contributed by atoms with E-state index < -0.39 is 5.91 Å². The molecule has 20 heavy (non-hydrogen) atoms. The molecule has 1 aromatic carbocycles. The van der Waals surface area contributed by atoms with E-state index in [0.717, 1.165) is 4.88 Å². The molecule has 2 N–H and O–H groups in total. The van der Waals surface area contributed by atoms with Crippen molar-refractivity contribution in [2.45, 2.75) is 6.42 Å². The molecule has 6 heteroatoms. The fraction of sp³-hybridized carbons (Fsp3) is 0.143. The average Bonchev–Trinajstić information content (AvgIpc) is 2.97. The Hall–Kier alpha value is -2.34. The van der Waals surface area contributed by atoms with Gasteiger partial charge in [0.1, 0.15) is 5.75 Å². The summed E-state index contributed by atoms with van der Waals surface area (Å²) >= 11 is 1.49. The van der Waals surface area contributed by atoms with Crippen LogP contribution >= 0.6 is 11.3 Å². The summed E-state index contributed by atoms with van der Waals surface area (Å²) in [5.41, 5.74) is 5.12. The van der Waals surface area contributed by atoms with Gasteiger partial charge in [-0.25, -0.2) is 0 Å². The van der Waals surface area contributed by atoms with Gasteiger partial charge < -0.3 is 4.74 Å². The standard InChI is InChI=1S/C14H14N2O3S/c1-19-12-7-3-2-6-11(12)14(18)16-15-13(17)9-10-5-4-8-20-10/h2-8H,9H2,1H3,(H,15,17)(H,16,18). The first-order valence-corrected chi connectivity index (χ1v) is 6.83. The molecule has 1 heterocycles. The minimum absolute atomic E-state index is 0.240. The maximum Gasteiger partial charge on any atom is 0.273 e. The summed E-state index contributed by atoms with van der Waals surface area (Å²) in [6.07, 6.45) is 0.240. The fourth-order valence-corrected chi connectivity index (χ4v) is 2.35. The van der Waals surface area contributed by atoms with Crippen molar-refractivity contribution in [3.05, 3.63) is 52.2 Å². The number of methoxy groups -OCH3 is 1. The lowest BCUT2D eigenvalue weighted by Crippen LogP contribution is -2.42. The zero-order valence-corrected chi connectivity index (χ0v) is 11.7. The largest absolute Gasteiger partial charge is 0.496 e. The van der Waals surface area contributed by atoms with Gasteiger partial charge in [0, 0.05) is 4.88 Å². The van der Waals surface area contributed by atoms with Gasteiger partial charge in [0.15, 0.2) is 0 Å². The van der Waals surface area contributed by atoms with E-state index in [1.54, 1.807) is 24.3 Å². The maximum absolute atomic E-state index is 11.9. The predicted octanol–water partition coefficient (Wildman–Crippen LogP) is 1.76. The van der Waals surface area contributed by atoms with Crippen molar-refractivity contribution in [3.8, 4) is 5.75 Å². The van der Waals surface area contributed by atoms with Crippen molar-refractivity contribution < 1.29 is 14.3 Å². The molecule has 0 aliphatic rings. The molecule has 0 spiro atoms. The van der Waals surface area contributed by atoms with E-state index >= 15 is 0 Å². The number of rotatable bonds is 4. The number of hydrazine groups is 1. The van der Waals surface area contributed by atoms with Crippen LogP contribution in [0.1, 0.15) is 15.2 Å². The number of carbonyl (C=O) groups is 2. The monoisotopic (exact) mass is 290 g/mol. The smallest absolute Gasteiger partial charge is 0.273 e. The van der Waals surface area contributed by atoms with E-state index in [-0.39, 0.29) is 12.3 Å². The van der Waals surface area contributed by atoms with E-state index in [0.29, 0.717) is 11.3 Å². The molecule has 0 radical (unpaired) electrons. The molecule has 1 aromatic heterocycles. The molecule has 0 atom stereocenters. The van der Waals surface area contributed by atoms with Crippen LogP contribution in [0.2, 0.25) is 0 Å². The van der Waals surface area contributed by atoms with Gasteiger partial charge in [0.2, 0.25) is 5.91 Å². The molecule has 0 saturated carbocycles. The van der Waals surface area contributed by atoms with Crippen LogP contribution in [0.25, 0.3) is 0 Å². The molecular weight excluding hydrogens is 276 g/mol. The highest BCUT2D eigenvalue weighted by atomic mass is 32.1. The van der Waals surface area contributed by atoms with Crippen LogP contribution < -0.4 is 15.6 Å². The lowest BCUT2D eigenvalue weighted by atomic mass is 10.2. The van der Waals surface area contributed by atoms with Crippen molar-refractivity contribution in [2.24, 2.45) is 0 Å². The number of carbonyl (C=O) groups excluding carboxylic acids is 2. The lowest BCUT2D eigenvalue weighted by molar-refractivity contribution is -0.121. The highest BCUT2D eigenvalue weighted by molar-refractivity contribution is 7.10. The third-order valence-electron chi connectivity index (χ3n) is 2.58. The van der Waals surface area contributed by atoms with Crippen molar-refractivity contribution in [2.75, 3.05) is 7.11 Å². The number of hydrogen-bond acceptors (Lipinski definition) is 4. The summed E-state index contributed by atoms with van der Waals surface area (Å²) < 4.78 is 5.09. The van der Waals surface area contributed by atoms with Crippen molar-refractivity contribution >= 4 is 23.2 Å². The Balaban J connectivity index is 1.90. The summed E-state index contributed by atoms with van der Waals surface area (Å²) in [4.78, 5) is 24.5. The van der Waals surface area contributed by atoms with Gasteiger partial charge in [-0.3, -0.25) is 20.4 Å². The van der Waals surface area contributed by atoms with E-state index in [4.69, 9.17) is 4.74 Å². The Labute approximate surface area is 120 Å². The number of ether oxygens (including phenoxy) is 1. The average molecular weight is 290 g/mol. The number of amides is 2. The van der Waals surface area contributed by atoms with E-state index in [1.807, 2.05) is 17.5 Å². The molecule has 0 unspecified atom stereocenters. The maximum atomic E-state index is 11.9. The third kappa shape index (κ3) is 3.58. The highest BCUT2D eigenvalue weighted by Crippen LogP contribution is 2.16. The van der Waals surface area contributed by atoms with Gasteiger partial charge in [-0.15, -0.1) is 11.3 Å². The molecule has 0 saturated heterocycles. The fourth-order valence-electron chi connectivity index (χ4n) is 1.64. The Morgan fingerprint density at radius 2 is 1.95 bits per heavy atom. The normalized spacial score (nSPS) is 9.85. The van der Waals surface area contributed by atoms with E-state index in [1.165, 1.54) is 18.4 Å². The molecule has 0 fully saturated rings. The lowest BCUT2D eigenvalue weighted by Gasteiger charge is -2.09. The zero-order valence-electron chi connectivity index (χ0n) is 10.9. The van der Waals surface area contributed by atoms with Crippen LogP contribution in [0.5, 0.6) is 5.75 Å². The van der Waals surface area contributed by atoms with Gasteiger partial charge in [0.05, 0.1) is 19.1 Å². The Kier molecular flexibility index (Phi) is 4.73. The Bertz CT molecular complexity index is 596. The number of thiophene rings is 1. The second-order valence-corrected chi connectivity index (χ2v) is 4.99. The molecule has 0 aliphatic heterocycles. The van der Waals surface area contributed by atoms with Gasteiger partial charge in [0.25, 0.3) is 5.91 Å². The van der Waals surface area contributed by atoms with E-state index in [2.05, 4.69) is 10.9 Å². The molecule has 5 nitrogen and oxygen atoms in total. The van der Waals surface area contributed by atoms with E-state index in [9.17, 15) is 9.59 Å². The number of nitrogens with one attached hydrogen (secondary N) is 2. The summed E-state index contributed by atoms with van der Waals surface area (Å²) in [5, 5.41) is 1.90. The first kappa shape index (κ1) is 14.1. The quantitative estimate of drug-likeness (QED) is 0.843. The minimum atomic E-state index is -0.415. The Morgan fingerprint density at radius 1 is 1.15 bits per heavy atom. The van der Waals surface area contributed by atoms with Crippen LogP contribution in [-0.2, 0) is 11.2 Å². The highest BCUT2D eigenvalue weighted by Gasteiger charge is 2.12. The summed E-state index contributed by atoms with van der Waals surface area (Å²) in [5.74, 6) is -0.227. The molecule has 0 bridgehead atoms. The first-order chi connectivity index (χ1) is 9.70. The van der Waals surface area contributed by atoms with Crippen LogP contribution in [0, 0.1) is 0 Å². The SMILES string of the molecule is COc1ccccc1C(=O)NNC(=O)Cc1cccs1. The van der Waals surface area contributed by atoms with Gasteiger partial charge in [-0.1, -0.05) is 18.2 Å². The van der Waals surface area contributed by atoms with Crippen molar-refractivity contribution in [3.63, 3.8) is 0 Å². The summed E-state index contributed by atoms with van der Waals surface area (Å²) in [7, 11) is 1.49. The van der Waals surface area contributed by atoms with Crippen molar-refractivity contribution in [1.29, 1.82) is 0 Å². The molecule has 2 aromatic rings. The van der Waals surface area contributed by atoms with Gasteiger partial charge in [-0.05, 0) is 23.6 Å². The molecule has 0 aliphatic carbocycles. The molecule has 104 valence electrons. The zero-order chi connectivity index (χ0) is 14.4. The number of hydrogen-bond donors (Lipinski definition) is 2. The third-order valence-corrected chi connectivity index (χ3v) is 3.46. The second kappa shape index (κ2) is 6.72. The predicted molar refractivity (Wildman–Crippen MR) is 76.6 cm³/mol. The first-order valence-electron chi connectivity index (χ1n) is 5.95. The van der Waals surface area contributed by atoms with Crippen LogP contribution in [0.4, 0.5) is 0 Å².